The number of ether oxygens (including phenoxy) is 1. The molecule has 0 aromatic heterocycles. The number of amides is 1. The van der Waals surface area contributed by atoms with Crippen molar-refractivity contribution in [1.82, 2.24) is 10.6 Å². The molecule has 1 aliphatic rings. The fourth-order valence-electron chi connectivity index (χ4n) is 2.39. The van der Waals surface area contributed by atoms with Gasteiger partial charge in [-0.1, -0.05) is 13.0 Å². The first kappa shape index (κ1) is 19.6. The third-order valence-electron chi connectivity index (χ3n) is 3.66. The normalized spacial score (nSPS) is 21.2. The fraction of sp³-hybridized carbons (Fsp3) is 0.533. The van der Waals surface area contributed by atoms with Gasteiger partial charge in [0, 0.05) is 6.04 Å². The van der Waals surface area contributed by atoms with E-state index >= 15 is 0 Å². The van der Waals surface area contributed by atoms with Crippen LogP contribution in [0.1, 0.15) is 18.9 Å². The number of hydrogen-bond acceptors (Lipinski definition) is 3. The van der Waals surface area contributed by atoms with Gasteiger partial charge in [0.2, 0.25) is 0 Å². The van der Waals surface area contributed by atoms with Crippen molar-refractivity contribution >= 4 is 18.3 Å². The number of carbonyl (C=O) groups is 1. The molecule has 2 rings (SSSR count). The zero-order valence-corrected chi connectivity index (χ0v) is 13.5. The highest BCUT2D eigenvalue weighted by molar-refractivity contribution is 5.85. The van der Waals surface area contributed by atoms with Gasteiger partial charge in [-0.25, -0.2) is 0 Å². The van der Waals surface area contributed by atoms with Gasteiger partial charge in [-0.05, 0) is 43.6 Å². The van der Waals surface area contributed by atoms with E-state index in [0.29, 0.717) is 5.92 Å². The van der Waals surface area contributed by atoms with E-state index < -0.39 is 11.7 Å². The molecule has 0 spiro atoms. The SMILES string of the molecule is CC1CNCCC1NC(=O)COc1cccc(C(F)(F)F)c1.Cl. The topological polar surface area (TPSA) is 50.4 Å². The van der Waals surface area contributed by atoms with Crippen LogP contribution >= 0.6 is 12.4 Å². The Morgan fingerprint density at radius 2 is 2.17 bits per heavy atom. The van der Waals surface area contributed by atoms with Crippen molar-refractivity contribution in [1.29, 1.82) is 0 Å². The zero-order chi connectivity index (χ0) is 16.2. The van der Waals surface area contributed by atoms with Crippen LogP contribution in [0.15, 0.2) is 24.3 Å². The number of benzene rings is 1. The molecule has 1 heterocycles. The highest BCUT2D eigenvalue weighted by atomic mass is 35.5. The predicted molar refractivity (Wildman–Crippen MR) is 82.8 cm³/mol. The summed E-state index contributed by atoms with van der Waals surface area (Å²) in [6.45, 7) is 3.41. The Labute approximate surface area is 139 Å². The summed E-state index contributed by atoms with van der Waals surface area (Å²) in [5.74, 6) is 0.0192. The first-order chi connectivity index (χ1) is 10.4. The van der Waals surface area contributed by atoms with E-state index in [9.17, 15) is 18.0 Å². The summed E-state index contributed by atoms with van der Waals surface area (Å²) >= 11 is 0. The Kier molecular flexibility index (Phi) is 7.15. The summed E-state index contributed by atoms with van der Waals surface area (Å²) in [7, 11) is 0. The van der Waals surface area contributed by atoms with Crippen LogP contribution in [0.3, 0.4) is 0 Å². The lowest BCUT2D eigenvalue weighted by molar-refractivity contribution is -0.137. The van der Waals surface area contributed by atoms with Crippen LogP contribution in [0.4, 0.5) is 13.2 Å². The van der Waals surface area contributed by atoms with E-state index in [2.05, 4.69) is 10.6 Å². The van der Waals surface area contributed by atoms with Crippen LogP contribution in [0, 0.1) is 5.92 Å². The number of halogens is 4. The molecule has 1 aliphatic heterocycles. The van der Waals surface area contributed by atoms with Crippen LogP contribution < -0.4 is 15.4 Å². The molecule has 1 amide bonds. The minimum Gasteiger partial charge on any atom is -0.484 e. The van der Waals surface area contributed by atoms with Crippen LogP contribution in [0.25, 0.3) is 0 Å². The molecule has 23 heavy (non-hydrogen) atoms. The molecule has 0 radical (unpaired) electrons. The summed E-state index contributed by atoms with van der Waals surface area (Å²) in [5.41, 5.74) is -0.794. The number of alkyl halides is 3. The van der Waals surface area contributed by atoms with Crippen molar-refractivity contribution in [2.75, 3.05) is 19.7 Å². The highest BCUT2D eigenvalue weighted by Crippen LogP contribution is 2.31. The summed E-state index contributed by atoms with van der Waals surface area (Å²) in [4.78, 5) is 11.8. The van der Waals surface area contributed by atoms with Crippen molar-refractivity contribution in [3.63, 3.8) is 0 Å². The van der Waals surface area contributed by atoms with Crippen molar-refractivity contribution in [2.45, 2.75) is 25.6 Å². The maximum atomic E-state index is 12.6. The molecular formula is C15H20ClF3N2O2. The van der Waals surface area contributed by atoms with Gasteiger partial charge in [-0.2, -0.15) is 13.2 Å². The van der Waals surface area contributed by atoms with Crippen molar-refractivity contribution < 1.29 is 22.7 Å². The van der Waals surface area contributed by atoms with E-state index in [1.165, 1.54) is 12.1 Å². The number of piperidine rings is 1. The number of rotatable bonds is 4. The maximum absolute atomic E-state index is 12.6. The second-order valence-corrected chi connectivity index (χ2v) is 5.46. The molecule has 4 nitrogen and oxygen atoms in total. The Bertz CT molecular complexity index is 526. The fourth-order valence-corrected chi connectivity index (χ4v) is 2.39. The second-order valence-electron chi connectivity index (χ2n) is 5.46. The first-order valence-electron chi connectivity index (χ1n) is 7.16. The van der Waals surface area contributed by atoms with E-state index in [4.69, 9.17) is 4.74 Å². The molecule has 0 aliphatic carbocycles. The van der Waals surface area contributed by atoms with Crippen molar-refractivity contribution in [2.24, 2.45) is 5.92 Å². The van der Waals surface area contributed by atoms with Gasteiger partial charge in [-0.3, -0.25) is 4.79 Å². The molecule has 130 valence electrons. The third kappa shape index (κ3) is 5.91. The largest absolute Gasteiger partial charge is 0.484 e. The molecule has 2 atom stereocenters. The molecule has 1 fully saturated rings. The van der Waals surface area contributed by atoms with E-state index in [0.717, 1.165) is 31.6 Å². The van der Waals surface area contributed by atoms with Gasteiger partial charge in [0.15, 0.2) is 6.61 Å². The number of hydrogen-bond donors (Lipinski definition) is 2. The Morgan fingerprint density at radius 1 is 1.43 bits per heavy atom. The van der Waals surface area contributed by atoms with Crippen LogP contribution in [0.5, 0.6) is 5.75 Å². The molecule has 1 saturated heterocycles. The maximum Gasteiger partial charge on any atom is 0.416 e. The molecule has 0 bridgehead atoms. The van der Waals surface area contributed by atoms with E-state index in [1.807, 2.05) is 6.92 Å². The van der Waals surface area contributed by atoms with Gasteiger partial charge in [-0.15, -0.1) is 12.4 Å². The molecule has 1 aromatic rings. The Hall–Kier alpha value is -1.47. The smallest absolute Gasteiger partial charge is 0.416 e. The van der Waals surface area contributed by atoms with E-state index in [-0.39, 0.29) is 36.7 Å². The summed E-state index contributed by atoms with van der Waals surface area (Å²) in [6.07, 6.45) is -3.59. The van der Waals surface area contributed by atoms with Crippen LogP contribution in [-0.2, 0) is 11.0 Å². The summed E-state index contributed by atoms with van der Waals surface area (Å²) in [5, 5.41) is 6.08. The van der Waals surface area contributed by atoms with Crippen molar-refractivity contribution in [3.05, 3.63) is 29.8 Å². The standard InChI is InChI=1S/C15H19F3N2O2.ClH/c1-10-8-19-6-5-13(10)20-14(21)9-22-12-4-2-3-11(7-12)15(16,17)18;/h2-4,7,10,13,19H,5-6,8-9H2,1H3,(H,20,21);1H. The highest BCUT2D eigenvalue weighted by Gasteiger charge is 2.30. The average Bonchev–Trinajstić information content (AvgIpc) is 2.47. The minimum atomic E-state index is -4.42. The van der Waals surface area contributed by atoms with Crippen LogP contribution in [0.2, 0.25) is 0 Å². The number of nitrogens with one attached hydrogen (secondary N) is 2. The monoisotopic (exact) mass is 352 g/mol. The van der Waals surface area contributed by atoms with Gasteiger partial charge in [0.25, 0.3) is 5.91 Å². The van der Waals surface area contributed by atoms with Gasteiger partial charge in [0.1, 0.15) is 5.75 Å². The first-order valence-corrected chi connectivity index (χ1v) is 7.16. The zero-order valence-electron chi connectivity index (χ0n) is 12.7. The Balaban J connectivity index is 0.00000264. The van der Waals surface area contributed by atoms with Gasteiger partial charge in [0.05, 0.1) is 5.56 Å². The van der Waals surface area contributed by atoms with Gasteiger partial charge < -0.3 is 15.4 Å². The molecular weight excluding hydrogens is 333 g/mol. The van der Waals surface area contributed by atoms with Crippen LogP contribution in [-0.4, -0.2) is 31.6 Å². The molecule has 1 aromatic carbocycles. The second kappa shape index (κ2) is 8.40. The molecule has 2 N–H and O–H groups in total. The van der Waals surface area contributed by atoms with E-state index in [1.54, 1.807) is 0 Å². The lowest BCUT2D eigenvalue weighted by Gasteiger charge is -2.30. The summed E-state index contributed by atoms with van der Waals surface area (Å²) in [6, 6.07) is 4.57. The van der Waals surface area contributed by atoms with Crippen molar-refractivity contribution in [3.8, 4) is 5.75 Å². The lowest BCUT2D eigenvalue weighted by Crippen LogP contribution is -2.49. The minimum absolute atomic E-state index is 0. The number of carbonyl (C=O) groups excluding carboxylic acids is 1. The Morgan fingerprint density at radius 3 is 2.83 bits per heavy atom. The van der Waals surface area contributed by atoms with Gasteiger partial charge >= 0.3 is 6.18 Å². The average molecular weight is 353 g/mol. The molecule has 8 heteroatoms. The summed E-state index contributed by atoms with van der Waals surface area (Å²) < 4.78 is 42.9. The molecule has 2 unspecified atom stereocenters. The molecule has 0 saturated carbocycles. The predicted octanol–water partition coefficient (Wildman–Crippen LogP) is 2.62. The quantitative estimate of drug-likeness (QED) is 0.876. The lowest BCUT2D eigenvalue weighted by atomic mass is 9.95. The third-order valence-corrected chi connectivity index (χ3v) is 3.66.